The standard InChI is InChI=1S/C25H33NO3S/c1-15(2)17-7-9-18(10-8-17)21-20(22(24(27)28)29-25(4,5)6)16(3)30-23(21)19-11-13-26-14-12-19/h9,11-15,17,22H,7-8,10H2,1-6H3,(H,27,28). The van der Waals surface area contributed by atoms with Crippen molar-refractivity contribution in [2.75, 3.05) is 0 Å². The average Bonchev–Trinajstić information content (AvgIpc) is 3.03. The first-order chi connectivity index (χ1) is 14.1. The van der Waals surface area contributed by atoms with E-state index in [1.807, 2.05) is 39.8 Å². The van der Waals surface area contributed by atoms with Crippen LogP contribution in [0.5, 0.6) is 0 Å². The molecular weight excluding hydrogens is 394 g/mol. The van der Waals surface area contributed by atoms with E-state index in [2.05, 4.69) is 24.9 Å². The summed E-state index contributed by atoms with van der Waals surface area (Å²) in [4.78, 5) is 18.6. The van der Waals surface area contributed by atoms with Gasteiger partial charge in [-0.3, -0.25) is 4.98 Å². The number of pyridine rings is 1. The fourth-order valence-corrected chi connectivity index (χ4v) is 5.39. The molecular formula is C25H33NO3S. The lowest BCUT2D eigenvalue weighted by molar-refractivity contribution is -0.160. The third-order valence-corrected chi connectivity index (χ3v) is 6.92. The number of allylic oxidation sites excluding steroid dienone is 2. The van der Waals surface area contributed by atoms with Gasteiger partial charge in [0, 0.05) is 33.3 Å². The van der Waals surface area contributed by atoms with Crippen molar-refractivity contribution in [3.8, 4) is 10.4 Å². The summed E-state index contributed by atoms with van der Waals surface area (Å²) in [5, 5.41) is 10.1. The fraction of sp³-hybridized carbons (Fsp3) is 0.520. The van der Waals surface area contributed by atoms with E-state index in [9.17, 15) is 9.90 Å². The van der Waals surface area contributed by atoms with Gasteiger partial charge >= 0.3 is 5.97 Å². The SMILES string of the molecule is Cc1sc(-c2ccncc2)c(C2=CCC(C(C)C)CC2)c1C(OC(C)(C)C)C(=O)O. The van der Waals surface area contributed by atoms with Crippen LogP contribution in [-0.4, -0.2) is 21.7 Å². The number of aliphatic carboxylic acids is 1. The Hall–Kier alpha value is -1.98. The van der Waals surface area contributed by atoms with E-state index in [0.29, 0.717) is 11.8 Å². The summed E-state index contributed by atoms with van der Waals surface area (Å²) in [5.74, 6) is 0.398. The summed E-state index contributed by atoms with van der Waals surface area (Å²) in [6.07, 6.45) is 8.05. The number of thiophene rings is 1. The van der Waals surface area contributed by atoms with Gasteiger partial charge in [-0.15, -0.1) is 11.3 Å². The molecule has 162 valence electrons. The summed E-state index contributed by atoms with van der Waals surface area (Å²) in [6.45, 7) is 12.3. The van der Waals surface area contributed by atoms with Crippen LogP contribution in [0.1, 0.15) is 76.0 Å². The smallest absolute Gasteiger partial charge is 0.337 e. The predicted octanol–water partition coefficient (Wildman–Crippen LogP) is 6.90. The maximum Gasteiger partial charge on any atom is 0.337 e. The minimum atomic E-state index is -0.990. The molecule has 0 bridgehead atoms. The van der Waals surface area contributed by atoms with Crippen LogP contribution < -0.4 is 0 Å². The Morgan fingerprint density at radius 1 is 1.27 bits per heavy atom. The van der Waals surface area contributed by atoms with E-state index < -0.39 is 17.7 Å². The van der Waals surface area contributed by atoms with Crippen LogP contribution >= 0.6 is 11.3 Å². The van der Waals surface area contributed by atoms with Crippen molar-refractivity contribution < 1.29 is 14.6 Å². The van der Waals surface area contributed by atoms with Gasteiger partial charge in [0.1, 0.15) is 0 Å². The summed E-state index contributed by atoms with van der Waals surface area (Å²) in [5.41, 5.74) is 3.63. The highest BCUT2D eigenvalue weighted by molar-refractivity contribution is 7.16. The first-order valence-corrected chi connectivity index (χ1v) is 11.5. The molecule has 2 unspecified atom stereocenters. The van der Waals surface area contributed by atoms with E-state index in [4.69, 9.17) is 4.74 Å². The van der Waals surface area contributed by atoms with Crippen LogP contribution in [0.3, 0.4) is 0 Å². The van der Waals surface area contributed by atoms with E-state index >= 15 is 0 Å². The van der Waals surface area contributed by atoms with Gasteiger partial charge in [0.15, 0.2) is 6.10 Å². The Labute approximate surface area is 184 Å². The predicted molar refractivity (Wildman–Crippen MR) is 124 cm³/mol. The third kappa shape index (κ3) is 5.01. The molecule has 4 nitrogen and oxygen atoms in total. The highest BCUT2D eigenvalue weighted by Crippen LogP contribution is 2.47. The molecule has 2 aromatic heterocycles. The van der Waals surface area contributed by atoms with E-state index in [1.165, 1.54) is 5.57 Å². The second kappa shape index (κ2) is 9.03. The minimum Gasteiger partial charge on any atom is -0.479 e. The Morgan fingerprint density at radius 3 is 2.43 bits per heavy atom. The van der Waals surface area contributed by atoms with Crippen molar-refractivity contribution in [2.24, 2.45) is 11.8 Å². The molecule has 5 heteroatoms. The lowest BCUT2D eigenvalue weighted by atomic mass is 9.79. The number of carbonyl (C=O) groups is 1. The van der Waals surface area contributed by atoms with E-state index in [1.54, 1.807) is 23.7 Å². The van der Waals surface area contributed by atoms with Crippen LogP contribution in [0.15, 0.2) is 30.6 Å². The van der Waals surface area contributed by atoms with Crippen LogP contribution in [0.4, 0.5) is 0 Å². The number of hydrogen-bond acceptors (Lipinski definition) is 4. The van der Waals surface area contributed by atoms with Crippen molar-refractivity contribution in [1.82, 2.24) is 4.98 Å². The quantitative estimate of drug-likeness (QED) is 0.545. The number of aryl methyl sites for hydroxylation is 1. The zero-order valence-electron chi connectivity index (χ0n) is 18.9. The number of nitrogens with zero attached hydrogens (tertiary/aromatic N) is 1. The number of rotatable bonds is 6. The maximum atomic E-state index is 12.3. The molecule has 0 aliphatic heterocycles. The summed E-state index contributed by atoms with van der Waals surface area (Å²) in [7, 11) is 0. The normalized spacial score (nSPS) is 18.4. The van der Waals surface area contributed by atoms with Gasteiger partial charge < -0.3 is 9.84 Å². The van der Waals surface area contributed by atoms with Gasteiger partial charge in [-0.1, -0.05) is 19.9 Å². The highest BCUT2D eigenvalue weighted by atomic mass is 32.1. The van der Waals surface area contributed by atoms with Crippen LogP contribution in [0.25, 0.3) is 16.0 Å². The van der Waals surface area contributed by atoms with Crippen LogP contribution in [-0.2, 0) is 9.53 Å². The van der Waals surface area contributed by atoms with Gasteiger partial charge in [-0.05, 0) is 82.1 Å². The van der Waals surface area contributed by atoms with Gasteiger partial charge in [-0.25, -0.2) is 4.79 Å². The molecule has 0 radical (unpaired) electrons. The highest BCUT2D eigenvalue weighted by Gasteiger charge is 2.34. The number of ether oxygens (including phenoxy) is 1. The molecule has 0 fully saturated rings. The Kier molecular flexibility index (Phi) is 6.83. The second-order valence-electron chi connectivity index (χ2n) is 9.47. The average molecular weight is 428 g/mol. The molecule has 2 aromatic rings. The van der Waals surface area contributed by atoms with Crippen molar-refractivity contribution >= 4 is 22.9 Å². The molecule has 1 aliphatic rings. The first kappa shape index (κ1) is 22.7. The molecule has 2 heterocycles. The zero-order valence-corrected chi connectivity index (χ0v) is 19.7. The number of carboxylic acid groups (broad SMARTS) is 1. The second-order valence-corrected chi connectivity index (χ2v) is 10.7. The Balaban J connectivity index is 2.18. The van der Waals surface area contributed by atoms with Gasteiger partial charge in [0.25, 0.3) is 0 Å². The first-order valence-electron chi connectivity index (χ1n) is 10.7. The minimum absolute atomic E-state index is 0.560. The summed E-state index contributed by atoms with van der Waals surface area (Å²) >= 11 is 1.65. The molecule has 2 atom stereocenters. The third-order valence-electron chi connectivity index (χ3n) is 5.75. The fourth-order valence-electron chi connectivity index (χ4n) is 4.17. The lowest BCUT2D eigenvalue weighted by Gasteiger charge is -2.29. The van der Waals surface area contributed by atoms with Crippen molar-refractivity contribution in [3.63, 3.8) is 0 Å². The summed E-state index contributed by atoms with van der Waals surface area (Å²) in [6, 6.07) is 4.00. The van der Waals surface area contributed by atoms with Gasteiger partial charge in [0.05, 0.1) is 5.60 Å². The van der Waals surface area contributed by atoms with Crippen molar-refractivity contribution in [3.05, 3.63) is 46.6 Å². The Bertz CT molecular complexity index is 922. The van der Waals surface area contributed by atoms with Crippen molar-refractivity contribution in [2.45, 2.75) is 72.5 Å². The number of aromatic nitrogens is 1. The molecule has 0 spiro atoms. The van der Waals surface area contributed by atoms with Crippen LogP contribution in [0, 0.1) is 18.8 Å². The molecule has 3 rings (SSSR count). The van der Waals surface area contributed by atoms with Gasteiger partial charge in [0.2, 0.25) is 0 Å². The molecule has 1 N–H and O–H groups in total. The monoisotopic (exact) mass is 427 g/mol. The van der Waals surface area contributed by atoms with E-state index in [-0.39, 0.29) is 0 Å². The Morgan fingerprint density at radius 2 is 1.93 bits per heavy atom. The topological polar surface area (TPSA) is 59.4 Å². The van der Waals surface area contributed by atoms with Crippen molar-refractivity contribution in [1.29, 1.82) is 0 Å². The largest absolute Gasteiger partial charge is 0.479 e. The molecule has 0 saturated carbocycles. The molecule has 0 aromatic carbocycles. The molecule has 1 aliphatic carbocycles. The van der Waals surface area contributed by atoms with Gasteiger partial charge in [-0.2, -0.15) is 0 Å². The maximum absolute atomic E-state index is 12.3. The molecule has 30 heavy (non-hydrogen) atoms. The molecule has 0 amide bonds. The lowest BCUT2D eigenvalue weighted by Crippen LogP contribution is -2.28. The zero-order chi connectivity index (χ0) is 22.1. The number of hydrogen-bond donors (Lipinski definition) is 1. The van der Waals surface area contributed by atoms with E-state index in [0.717, 1.165) is 45.7 Å². The molecule has 0 saturated heterocycles. The summed E-state index contributed by atoms with van der Waals surface area (Å²) < 4.78 is 6.07. The number of carboxylic acids is 1. The van der Waals surface area contributed by atoms with Crippen LogP contribution in [0.2, 0.25) is 0 Å².